The van der Waals surface area contributed by atoms with Crippen molar-refractivity contribution in [3.63, 3.8) is 0 Å². The summed E-state index contributed by atoms with van der Waals surface area (Å²) in [4.78, 5) is 12.4. The number of fused-ring (bicyclic) bond motifs is 19. The molecule has 0 aromatic rings. The molecule has 2 fully saturated rings. The van der Waals surface area contributed by atoms with Gasteiger partial charge in [-0.1, -0.05) is 50.7 Å². The van der Waals surface area contributed by atoms with E-state index in [2.05, 4.69) is 12.2 Å². The maximum absolute atomic E-state index is 12.4. The molecule has 2 saturated heterocycles. The van der Waals surface area contributed by atoms with Gasteiger partial charge in [0.05, 0.1) is 25.4 Å². The van der Waals surface area contributed by atoms with Gasteiger partial charge in [-0.15, -0.1) is 0 Å². The molecule has 4 N–H and O–H groups in total. The molecule has 0 aliphatic carbocycles. The van der Waals surface area contributed by atoms with Crippen LogP contribution in [-0.2, 0) is 28.5 Å². The van der Waals surface area contributed by atoms with Gasteiger partial charge in [0.2, 0.25) is 0 Å². The van der Waals surface area contributed by atoms with Crippen LogP contribution in [0.2, 0.25) is 0 Å². The monoisotopic (exact) mass is 572 g/mol. The molecule has 0 amide bonds. The second-order valence-corrected chi connectivity index (χ2v) is 11.5. The van der Waals surface area contributed by atoms with E-state index in [4.69, 9.17) is 23.7 Å². The summed E-state index contributed by atoms with van der Waals surface area (Å²) in [5, 5.41) is 40.9. The van der Waals surface area contributed by atoms with Crippen molar-refractivity contribution in [2.45, 2.75) is 159 Å². The van der Waals surface area contributed by atoms with Gasteiger partial charge in [0.15, 0.2) is 12.6 Å². The second-order valence-electron chi connectivity index (χ2n) is 11.5. The summed E-state index contributed by atoms with van der Waals surface area (Å²) >= 11 is 0. The highest BCUT2D eigenvalue weighted by Crippen LogP contribution is 2.31. The molecule has 4 aliphatic heterocycles. The van der Waals surface area contributed by atoms with Crippen LogP contribution in [0.1, 0.15) is 103 Å². The Kier molecular flexibility index (Phi) is 15.4. The maximum atomic E-state index is 12.4. The third-order valence-corrected chi connectivity index (χ3v) is 7.99. The third kappa shape index (κ3) is 11.3. The topological polar surface area (TPSA) is 144 Å². The third-order valence-electron chi connectivity index (χ3n) is 7.99. The Balaban J connectivity index is 1.64. The first-order valence-corrected chi connectivity index (χ1v) is 15.5. The van der Waals surface area contributed by atoms with E-state index in [-0.39, 0.29) is 37.9 Å². The lowest BCUT2D eigenvalue weighted by Gasteiger charge is -2.43. The van der Waals surface area contributed by atoms with Gasteiger partial charge in [-0.25, -0.2) is 0 Å². The zero-order chi connectivity index (χ0) is 28.7. The number of carbonyl (C=O) groups is 1. The SMILES string of the molecule is CC1CCCCCC/C=C/CCCCCCCC(=O)O[C@H]2C[C@H](O)[C@H](OC3C[C@H](O)C(CO)O[C@H]3O1)OC2CO. The van der Waals surface area contributed by atoms with E-state index in [1.807, 2.05) is 6.92 Å². The molecule has 4 rings (SSSR count). The van der Waals surface area contributed by atoms with E-state index in [0.717, 1.165) is 70.6 Å². The molecule has 9 atom stereocenters. The summed E-state index contributed by atoms with van der Waals surface area (Å²) in [6, 6.07) is 0. The number of hydrogen-bond donors (Lipinski definition) is 4. The van der Waals surface area contributed by atoms with E-state index in [9.17, 15) is 25.2 Å². The Bertz CT molecular complexity index is 733. The predicted octanol–water partition coefficient (Wildman–Crippen LogP) is 3.27. The molecule has 4 heterocycles. The molecule has 0 radical (unpaired) electrons. The summed E-state index contributed by atoms with van der Waals surface area (Å²) in [6.07, 6.45) is 10.0. The summed E-state index contributed by atoms with van der Waals surface area (Å²) in [5.74, 6) is -0.371. The van der Waals surface area contributed by atoms with Crippen molar-refractivity contribution in [1.29, 1.82) is 0 Å². The Hall–Kier alpha value is -1.11. The highest BCUT2D eigenvalue weighted by molar-refractivity contribution is 5.69. The number of esters is 1. The van der Waals surface area contributed by atoms with Crippen LogP contribution in [0.4, 0.5) is 0 Å². The fraction of sp³-hybridized carbons (Fsp3) is 0.900. The normalized spacial score (nSPS) is 39.6. The van der Waals surface area contributed by atoms with Gasteiger partial charge in [0, 0.05) is 19.3 Å². The van der Waals surface area contributed by atoms with Crippen molar-refractivity contribution in [3.8, 4) is 0 Å². The zero-order valence-corrected chi connectivity index (χ0v) is 24.1. The van der Waals surface area contributed by atoms with Crippen LogP contribution in [0.15, 0.2) is 12.2 Å². The molecule has 0 aromatic heterocycles. The Labute approximate surface area is 239 Å². The van der Waals surface area contributed by atoms with Crippen molar-refractivity contribution in [2.24, 2.45) is 0 Å². The summed E-state index contributed by atoms with van der Waals surface area (Å²) < 4.78 is 29.5. The first-order chi connectivity index (χ1) is 19.4. The molecule has 0 aromatic carbocycles. The fourth-order valence-electron chi connectivity index (χ4n) is 5.56. The average Bonchev–Trinajstić information content (AvgIpc) is 2.93. The first-order valence-electron chi connectivity index (χ1n) is 15.5. The minimum Gasteiger partial charge on any atom is -0.459 e. The first kappa shape index (κ1) is 33.4. The second kappa shape index (κ2) is 18.4. The Morgan fingerprint density at radius 2 is 1.30 bits per heavy atom. The molecule has 2 bridgehead atoms. The standard InChI is InChI=1S/C30H52O10/c1-21-15-13-11-9-7-5-3-2-4-6-8-10-12-14-16-28(35)37-24-18-23(34)29(40-27(24)20-32)38-25-17-22(33)26(19-31)39-30(25)36-21/h2-3,21-27,29-34H,4-20H2,1H3/b3-2+/t21?,22-,23-,24-,25?,26?,27?,29+,30+/m0/s1. The molecular weight excluding hydrogens is 520 g/mol. The van der Waals surface area contributed by atoms with Gasteiger partial charge >= 0.3 is 5.97 Å². The van der Waals surface area contributed by atoms with E-state index in [1.165, 1.54) is 6.42 Å². The summed E-state index contributed by atoms with van der Waals surface area (Å²) in [5.41, 5.74) is 0. The van der Waals surface area contributed by atoms with Crippen LogP contribution in [0.25, 0.3) is 0 Å². The largest absolute Gasteiger partial charge is 0.459 e. The molecule has 40 heavy (non-hydrogen) atoms. The molecule has 4 unspecified atom stereocenters. The molecule has 10 heteroatoms. The number of aliphatic hydroxyl groups is 4. The van der Waals surface area contributed by atoms with E-state index >= 15 is 0 Å². The zero-order valence-electron chi connectivity index (χ0n) is 24.1. The van der Waals surface area contributed by atoms with Crippen LogP contribution in [0.5, 0.6) is 0 Å². The van der Waals surface area contributed by atoms with Gasteiger partial charge in [-0.2, -0.15) is 0 Å². The maximum Gasteiger partial charge on any atom is 0.306 e. The smallest absolute Gasteiger partial charge is 0.306 e. The van der Waals surface area contributed by atoms with Crippen LogP contribution < -0.4 is 0 Å². The number of rotatable bonds is 2. The summed E-state index contributed by atoms with van der Waals surface area (Å²) in [6.45, 7) is 1.19. The van der Waals surface area contributed by atoms with Gasteiger partial charge in [0.25, 0.3) is 0 Å². The lowest BCUT2D eigenvalue weighted by Crippen LogP contribution is -2.56. The van der Waals surface area contributed by atoms with Crippen LogP contribution in [-0.4, -0.2) is 94.9 Å². The van der Waals surface area contributed by atoms with Gasteiger partial charge in [0.1, 0.15) is 30.5 Å². The molecular formula is C30H52O10. The molecule has 0 spiro atoms. The minimum atomic E-state index is -1.13. The van der Waals surface area contributed by atoms with E-state index in [0.29, 0.717) is 0 Å². The molecule has 0 saturated carbocycles. The van der Waals surface area contributed by atoms with Gasteiger partial charge in [-0.05, 0) is 45.4 Å². The Morgan fingerprint density at radius 1 is 0.700 bits per heavy atom. The van der Waals surface area contributed by atoms with Gasteiger partial charge < -0.3 is 44.1 Å². The fourth-order valence-corrected chi connectivity index (χ4v) is 5.56. The van der Waals surface area contributed by atoms with Crippen molar-refractivity contribution in [1.82, 2.24) is 0 Å². The van der Waals surface area contributed by atoms with Crippen molar-refractivity contribution >= 4 is 5.97 Å². The highest BCUT2D eigenvalue weighted by atomic mass is 16.8. The number of hydrogen-bond acceptors (Lipinski definition) is 10. The van der Waals surface area contributed by atoms with Crippen LogP contribution in [0.3, 0.4) is 0 Å². The predicted molar refractivity (Wildman–Crippen MR) is 147 cm³/mol. The van der Waals surface area contributed by atoms with Crippen LogP contribution in [0, 0.1) is 0 Å². The number of carbonyl (C=O) groups excluding carboxylic acids is 1. The summed E-state index contributed by atoms with van der Waals surface area (Å²) in [7, 11) is 0. The highest BCUT2D eigenvalue weighted by Gasteiger charge is 2.45. The quantitative estimate of drug-likeness (QED) is 0.287. The Morgan fingerprint density at radius 3 is 2.00 bits per heavy atom. The average molecular weight is 573 g/mol. The lowest BCUT2D eigenvalue weighted by molar-refractivity contribution is -0.343. The van der Waals surface area contributed by atoms with Crippen LogP contribution >= 0.6 is 0 Å². The minimum absolute atomic E-state index is 0.0481. The number of aliphatic hydroxyl groups excluding tert-OH is 4. The van der Waals surface area contributed by atoms with E-state index in [1.54, 1.807) is 0 Å². The number of allylic oxidation sites excluding steroid dienone is 2. The van der Waals surface area contributed by atoms with Crippen molar-refractivity contribution < 1.29 is 48.9 Å². The molecule has 10 nitrogen and oxygen atoms in total. The van der Waals surface area contributed by atoms with Crippen molar-refractivity contribution in [3.05, 3.63) is 12.2 Å². The van der Waals surface area contributed by atoms with Crippen molar-refractivity contribution in [2.75, 3.05) is 13.2 Å². The molecule has 232 valence electrons. The van der Waals surface area contributed by atoms with Gasteiger partial charge in [-0.3, -0.25) is 4.79 Å². The lowest BCUT2D eigenvalue weighted by atomic mass is 10.0. The number of ether oxygens (including phenoxy) is 5. The van der Waals surface area contributed by atoms with E-state index < -0.39 is 55.8 Å². The molecule has 4 aliphatic rings.